The quantitative estimate of drug-likeness (QED) is 0.592. The number of fused-ring (bicyclic) bond motifs is 1. The monoisotopic (exact) mass is 419 g/mol. The summed E-state index contributed by atoms with van der Waals surface area (Å²) in [5.74, 6) is -1.59. The minimum Gasteiger partial charge on any atom is -0.361 e. The van der Waals surface area contributed by atoms with Crippen molar-refractivity contribution in [2.75, 3.05) is 7.05 Å². The SMILES string of the molecule is CNC(=O)c1cc(C2NC(=O)CC(C)=C2C(=O)Cc2ccc3[nH]ccc3c2)ccc1F. The third-order valence-electron chi connectivity index (χ3n) is 5.56. The van der Waals surface area contributed by atoms with Crippen molar-refractivity contribution in [3.8, 4) is 0 Å². The molecule has 6 nitrogen and oxygen atoms in total. The molecule has 0 saturated carbocycles. The molecule has 0 aliphatic carbocycles. The van der Waals surface area contributed by atoms with Crippen LogP contribution in [0.2, 0.25) is 0 Å². The molecule has 0 radical (unpaired) electrons. The molecule has 1 atom stereocenters. The van der Waals surface area contributed by atoms with Gasteiger partial charge in [0.05, 0.1) is 11.6 Å². The Hall–Kier alpha value is -3.74. The van der Waals surface area contributed by atoms with E-state index in [0.717, 1.165) is 16.5 Å². The minimum absolute atomic E-state index is 0.122. The number of ketones is 1. The van der Waals surface area contributed by atoms with Crippen molar-refractivity contribution < 1.29 is 18.8 Å². The maximum atomic E-state index is 14.1. The van der Waals surface area contributed by atoms with Gasteiger partial charge >= 0.3 is 0 Å². The van der Waals surface area contributed by atoms with Crippen molar-refractivity contribution in [1.82, 2.24) is 15.6 Å². The Morgan fingerprint density at radius 3 is 2.74 bits per heavy atom. The van der Waals surface area contributed by atoms with Crippen LogP contribution in [0.4, 0.5) is 4.39 Å². The summed E-state index contributed by atoms with van der Waals surface area (Å²) in [7, 11) is 1.41. The highest BCUT2D eigenvalue weighted by molar-refractivity contribution is 6.02. The second-order valence-electron chi connectivity index (χ2n) is 7.69. The van der Waals surface area contributed by atoms with Gasteiger partial charge in [-0.25, -0.2) is 4.39 Å². The van der Waals surface area contributed by atoms with E-state index in [-0.39, 0.29) is 30.1 Å². The smallest absolute Gasteiger partial charge is 0.254 e. The van der Waals surface area contributed by atoms with E-state index in [2.05, 4.69) is 15.6 Å². The second-order valence-corrected chi connectivity index (χ2v) is 7.69. The van der Waals surface area contributed by atoms with Crippen molar-refractivity contribution in [1.29, 1.82) is 0 Å². The van der Waals surface area contributed by atoms with Crippen LogP contribution in [0.3, 0.4) is 0 Å². The molecule has 2 heterocycles. The third-order valence-corrected chi connectivity index (χ3v) is 5.56. The number of carbonyl (C=O) groups excluding carboxylic acids is 3. The van der Waals surface area contributed by atoms with Crippen LogP contribution in [-0.4, -0.2) is 29.6 Å². The van der Waals surface area contributed by atoms with Crippen molar-refractivity contribution in [3.05, 3.63) is 82.3 Å². The molecule has 1 unspecified atom stereocenters. The summed E-state index contributed by atoms with van der Waals surface area (Å²) in [4.78, 5) is 40.7. The Balaban J connectivity index is 1.70. The number of hydrogen-bond donors (Lipinski definition) is 3. The largest absolute Gasteiger partial charge is 0.361 e. The normalized spacial score (nSPS) is 16.4. The van der Waals surface area contributed by atoms with Gasteiger partial charge in [0.15, 0.2) is 5.78 Å². The Bertz CT molecular complexity index is 1240. The number of aromatic amines is 1. The zero-order chi connectivity index (χ0) is 22.1. The van der Waals surface area contributed by atoms with E-state index in [1.165, 1.54) is 25.2 Å². The van der Waals surface area contributed by atoms with Gasteiger partial charge in [-0.05, 0) is 53.8 Å². The van der Waals surface area contributed by atoms with Gasteiger partial charge in [0, 0.05) is 37.2 Å². The number of aromatic nitrogens is 1. The molecule has 4 rings (SSSR count). The number of Topliss-reactive ketones (excluding diaryl/α,β-unsaturated/α-hetero) is 1. The molecule has 3 aromatic rings. The molecule has 2 aromatic carbocycles. The minimum atomic E-state index is -0.742. The van der Waals surface area contributed by atoms with Gasteiger partial charge in [0.2, 0.25) is 5.91 Å². The van der Waals surface area contributed by atoms with E-state index in [1.54, 1.807) is 6.92 Å². The number of nitrogens with one attached hydrogen (secondary N) is 3. The zero-order valence-electron chi connectivity index (χ0n) is 17.2. The number of carbonyl (C=O) groups is 3. The van der Waals surface area contributed by atoms with Crippen LogP contribution in [0.15, 0.2) is 59.8 Å². The van der Waals surface area contributed by atoms with E-state index in [0.29, 0.717) is 16.7 Å². The summed E-state index contributed by atoms with van der Waals surface area (Å²) < 4.78 is 14.1. The number of benzene rings is 2. The Morgan fingerprint density at radius 1 is 1.16 bits per heavy atom. The molecule has 1 aromatic heterocycles. The van der Waals surface area contributed by atoms with E-state index in [4.69, 9.17) is 0 Å². The summed E-state index contributed by atoms with van der Waals surface area (Å²) in [6, 6.07) is 11.0. The molecule has 0 spiro atoms. The number of halogens is 1. The van der Waals surface area contributed by atoms with E-state index in [9.17, 15) is 18.8 Å². The van der Waals surface area contributed by atoms with Gasteiger partial charge in [-0.15, -0.1) is 0 Å². The molecule has 1 aliphatic rings. The summed E-state index contributed by atoms with van der Waals surface area (Å²) in [5.41, 5.74) is 3.34. The molecule has 0 bridgehead atoms. The summed E-state index contributed by atoms with van der Waals surface area (Å²) in [6.07, 6.45) is 2.13. The first kappa shape index (κ1) is 20.5. The zero-order valence-corrected chi connectivity index (χ0v) is 17.2. The molecule has 3 N–H and O–H groups in total. The van der Waals surface area contributed by atoms with Crippen LogP contribution in [-0.2, 0) is 16.0 Å². The molecule has 31 heavy (non-hydrogen) atoms. The molecule has 7 heteroatoms. The topological polar surface area (TPSA) is 91.1 Å². The molecule has 0 saturated heterocycles. The van der Waals surface area contributed by atoms with Crippen LogP contribution >= 0.6 is 0 Å². The first-order chi connectivity index (χ1) is 14.9. The highest BCUT2D eigenvalue weighted by atomic mass is 19.1. The summed E-state index contributed by atoms with van der Waals surface area (Å²) in [5, 5.41) is 6.25. The van der Waals surface area contributed by atoms with Gasteiger partial charge in [-0.3, -0.25) is 14.4 Å². The third kappa shape index (κ3) is 3.99. The van der Waals surface area contributed by atoms with Gasteiger partial charge in [-0.1, -0.05) is 17.7 Å². The number of amides is 2. The van der Waals surface area contributed by atoms with Crippen molar-refractivity contribution >= 4 is 28.5 Å². The lowest BCUT2D eigenvalue weighted by molar-refractivity contribution is -0.121. The first-order valence-electron chi connectivity index (χ1n) is 9.97. The lowest BCUT2D eigenvalue weighted by Crippen LogP contribution is -2.37. The lowest BCUT2D eigenvalue weighted by Gasteiger charge is -2.28. The molecule has 1 aliphatic heterocycles. The highest BCUT2D eigenvalue weighted by Crippen LogP contribution is 2.32. The molecular weight excluding hydrogens is 397 g/mol. The number of H-pyrrole nitrogens is 1. The predicted octanol–water partition coefficient (Wildman–Crippen LogP) is 3.36. The van der Waals surface area contributed by atoms with Gasteiger partial charge < -0.3 is 15.6 Å². The summed E-state index contributed by atoms with van der Waals surface area (Å²) in [6.45, 7) is 1.76. The first-order valence-corrected chi connectivity index (χ1v) is 9.97. The number of hydrogen-bond acceptors (Lipinski definition) is 3. The maximum absolute atomic E-state index is 14.1. The van der Waals surface area contributed by atoms with Crippen molar-refractivity contribution in [2.45, 2.75) is 25.8 Å². The van der Waals surface area contributed by atoms with Gasteiger partial charge in [0.1, 0.15) is 5.82 Å². The Kier molecular flexibility index (Phi) is 5.42. The van der Waals surface area contributed by atoms with Crippen molar-refractivity contribution in [3.63, 3.8) is 0 Å². The van der Waals surface area contributed by atoms with Crippen LogP contribution < -0.4 is 10.6 Å². The molecule has 2 amide bonds. The van der Waals surface area contributed by atoms with Crippen molar-refractivity contribution in [2.24, 2.45) is 0 Å². The summed E-state index contributed by atoms with van der Waals surface area (Å²) >= 11 is 0. The molecular formula is C24H22FN3O3. The second kappa shape index (κ2) is 8.18. The lowest BCUT2D eigenvalue weighted by atomic mass is 9.85. The van der Waals surface area contributed by atoms with E-state index >= 15 is 0 Å². The number of rotatable bonds is 5. The maximum Gasteiger partial charge on any atom is 0.254 e. The Labute approximate surface area is 178 Å². The average Bonchev–Trinajstić information content (AvgIpc) is 3.20. The fourth-order valence-electron chi connectivity index (χ4n) is 4.04. The van der Waals surface area contributed by atoms with Crippen LogP contribution in [0.25, 0.3) is 10.9 Å². The van der Waals surface area contributed by atoms with Crippen LogP contribution in [0, 0.1) is 5.82 Å². The fourth-order valence-corrected chi connectivity index (χ4v) is 4.04. The van der Waals surface area contributed by atoms with Gasteiger partial charge in [-0.2, -0.15) is 0 Å². The van der Waals surface area contributed by atoms with E-state index < -0.39 is 17.8 Å². The fraction of sp³-hybridized carbons (Fsp3) is 0.208. The molecule has 0 fully saturated rings. The molecule has 158 valence electrons. The Morgan fingerprint density at radius 2 is 1.97 bits per heavy atom. The average molecular weight is 419 g/mol. The van der Waals surface area contributed by atoms with Crippen LogP contribution in [0.5, 0.6) is 0 Å². The standard InChI is InChI=1S/C24H22FN3O3/c1-13-9-21(30)28-23(16-4-5-18(25)17(12-16)24(31)26-2)22(13)20(29)11-14-3-6-19-15(10-14)7-8-27-19/h3-8,10,12,23,27H,9,11H2,1-2H3,(H,26,31)(H,28,30). The van der Waals surface area contributed by atoms with E-state index in [1.807, 2.05) is 30.5 Å². The van der Waals surface area contributed by atoms with Gasteiger partial charge in [0.25, 0.3) is 5.91 Å². The predicted molar refractivity (Wildman–Crippen MR) is 115 cm³/mol. The van der Waals surface area contributed by atoms with Crippen LogP contribution in [0.1, 0.15) is 40.9 Å². The highest BCUT2D eigenvalue weighted by Gasteiger charge is 2.31.